The molecule has 0 radical (unpaired) electrons. The third kappa shape index (κ3) is 3.72. The van der Waals surface area contributed by atoms with E-state index in [0.29, 0.717) is 12.5 Å². The minimum Gasteiger partial charge on any atom is -0.352 e. The van der Waals surface area contributed by atoms with Gasteiger partial charge < -0.3 is 16.0 Å². The van der Waals surface area contributed by atoms with Crippen molar-refractivity contribution in [3.05, 3.63) is 0 Å². The SMILES string of the molecule is CC(=O)NC1CCN(C(=O)C(C)C2CCCC(N)C2)C1. The van der Waals surface area contributed by atoms with Crippen LogP contribution in [-0.2, 0) is 9.59 Å². The zero-order valence-corrected chi connectivity index (χ0v) is 12.6. The predicted molar refractivity (Wildman–Crippen MR) is 77.9 cm³/mol. The maximum absolute atomic E-state index is 12.6. The van der Waals surface area contributed by atoms with Gasteiger partial charge in [-0.1, -0.05) is 13.3 Å². The molecule has 4 atom stereocenters. The summed E-state index contributed by atoms with van der Waals surface area (Å²) in [5, 5.41) is 2.90. The Labute approximate surface area is 121 Å². The molecule has 1 saturated carbocycles. The van der Waals surface area contributed by atoms with E-state index in [1.807, 2.05) is 11.8 Å². The van der Waals surface area contributed by atoms with Crippen molar-refractivity contribution >= 4 is 11.8 Å². The van der Waals surface area contributed by atoms with Crippen molar-refractivity contribution in [3.63, 3.8) is 0 Å². The van der Waals surface area contributed by atoms with Crippen molar-refractivity contribution in [1.82, 2.24) is 10.2 Å². The third-order valence-electron chi connectivity index (χ3n) is 4.76. The summed E-state index contributed by atoms with van der Waals surface area (Å²) < 4.78 is 0. The molecule has 20 heavy (non-hydrogen) atoms. The summed E-state index contributed by atoms with van der Waals surface area (Å²) in [6.07, 6.45) is 5.17. The zero-order valence-electron chi connectivity index (χ0n) is 12.6. The van der Waals surface area contributed by atoms with Crippen LogP contribution in [0.25, 0.3) is 0 Å². The maximum atomic E-state index is 12.6. The molecule has 0 bridgehead atoms. The second kappa shape index (κ2) is 6.57. The zero-order chi connectivity index (χ0) is 14.7. The first-order valence-corrected chi connectivity index (χ1v) is 7.79. The van der Waals surface area contributed by atoms with Gasteiger partial charge in [0.25, 0.3) is 0 Å². The summed E-state index contributed by atoms with van der Waals surface area (Å²) in [5.74, 6) is 0.691. The van der Waals surface area contributed by atoms with E-state index in [9.17, 15) is 9.59 Å². The number of amides is 2. The number of hydrogen-bond acceptors (Lipinski definition) is 3. The maximum Gasteiger partial charge on any atom is 0.225 e. The highest BCUT2D eigenvalue weighted by molar-refractivity contribution is 5.79. The van der Waals surface area contributed by atoms with Gasteiger partial charge in [-0.3, -0.25) is 9.59 Å². The number of rotatable bonds is 3. The quantitative estimate of drug-likeness (QED) is 0.806. The molecule has 1 aliphatic carbocycles. The molecule has 2 aliphatic rings. The van der Waals surface area contributed by atoms with Crippen molar-refractivity contribution in [3.8, 4) is 0 Å². The van der Waals surface area contributed by atoms with Crippen LogP contribution in [0.1, 0.15) is 46.0 Å². The van der Waals surface area contributed by atoms with E-state index in [2.05, 4.69) is 5.32 Å². The lowest BCUT2D eigenvalue weighted by Crippen LogP contribution is -2.42. The Morgan fingerprint density at radius 2 is 2.05 bits per heavy atom. The van der Waals surface area contributed by atoms with Crippen LogP contribution in [0.15, 0.2) is 0 Å². The fourth-order valence-corrected chi connectivity index (χ4v) is 3.58. The van der Waals surface area contributed by atoms with Gasteiger partial charge >= 0.3 is 0 Å². The summed E-state index contributed by atoms with van der Waals surface area (Å²) in [6, 6.07) is 0.381. The highest BCUT2D eigenvalue weighted by atomic mass is 16.2. The standard InChI is InChI=1S/C15H27N3O2/c1-10(12-4-3-5-13(16)8-12)15(20)18-7-6-14(9-18)17-11(2)19/h10,12-14H,3-9,16H2,1-2H3,(H,17,19). The molecule has 1 aliphatic heterocycles. The Bertz CT molecular complexity index is 372. The first kappa shape index (κ1) is 15.3. The molecular formula is C15H27N3O2. The van der Waals surface area contributed by atoms with E-state index in [-0.39, 0.29) is 29.8 Å². The summed E-state index contributed by atoms with van der Waals surface area (Å²) in [6.45, 7) is 4.97. The molecule has 5 heteroatoms. The van der Waals surface area contributed by atoms with E-state index in [4.69, 9.17) is 5.73 Å². The van der Waals surface area contributed by atoms with E-state index < -0.39 is 0 Å². The second-order valence-electron chi connectivity index (χ2n) is 6.45. The Hall–Kier alpha value is -1.10. The number of nitrogens with one attached hydrogen (secondary N) is 1. The number of nitrogens with zero attached hydrogens (tertiary/aromatic N) is 1. The molecule has 2 rings (SSSR count). The van der Waals surface area contributed by atoms with Crippen LogP contribution >= 0.6 is 0 Å². The van der Waals surface area contributed by atoms with E-state index in [1.165, 1.54) is 6.92 Å². The van der Waals surface area contributed by atoms with Crippen LogP contribution in [-0.4, -0.2) is 41.9 Å². The highest BCUT2D eigenvalue weighted by Gasteiger charge is 2.34. The normalized spacial score (nSPS) is 31.9. The molecule has 2 amide bonds. The van der Waals surface area contributed by atoms with Crippen molar-refractivity contribution < 1.29 is 9.59 Å². The van der Waals surface area contributed by atoms with Crippen LogP contribution in [0.4, 0.5) is 0 Å². The van der Waals surface area contributed by atoms with Gasteiger partial charge in [0.05, 0.1) is 0 Å². The van der Waals surface area contributed by atoms with Gasteiger partial charge in [0, 0.05) is 38.0 Å². The first-order chi connectivity index (χ1) is 9.47. The molecule has 5 nitrogen and oxygen atoms in total. The average Bonchev–Trinajstić information content (AvgIpc) is 2.84. The Morgan fingerprint density at radius 3 is 2.70 bits per heavy atom. The number of hydrogen-bond donors (Lipinski definition) is 2. The number of carbonyl (C=O) groups excluding carboxylic acids is 2. The van der Waals surface area contributed by atoms with Crippen LogP contribution in [0, 0.1) is 11.8 Å². The summed E-state index contributed by atoms with van der Waals surface area (Å²) >= 11 is 0. The van der Waals surface area contributed by atoms with E-state index >= 15 is 0 Å². The fourth-order valence-electron chi connectivity index (χ4n) is 3.58. The van der Waals surface area contributed by atoms with Gasteiger partial charge in [0.2, 0.25) is 11.8 Å². The first-order valence-electron chi connectivity index (χ1n) is 7.79. The largest absolute Gasteiger partial charge is 0.352 e. The molecule has 114 valence electrons. The van der Waals surface area contributed by atoms with Gasteiger partial charge in [-0.2, -0.15) is 0 Å². The molecule has 1 saturated heterocycles. The molecule has 4 unspecified atom stereocenters. The van der Waals surface area contributed by atoms with Gasteiger partial charge in [0.1, 0.15) is 0 Å². The summed E-state index contributed by atoms with van der Waals surface area (Å²) in [4.78, 5) is 25.5. The lowest BCUT2D eigenvalue weighted by molar-refractivity contribution is -0.136. The van der Waals surface area contributed by atoms with Crippen molar-refractivity contribution in [1.29, 1.82) is 0 Å². The van der Waals surface area contributed by atoms with E-state index in [1.54, 1.807) is 0 Å². The second-order valence-corrected chi connectivity index (χ2v) is 6.45. The smallest absolute Gasteiger partial charge is 0.225 e. The third-order valence-corrected chi connectivity index (χ3v) is 4.76. The number of nitrogens with two attached hydrogens (primary N) is 1. The molecule has 2 fully saturated rings. The molecule has 1 heterocycles. The van der Waals surface area contributed by atoms with Gasteiger partial charge in [-0.25, -0.2) is 0 Å². The van der Waals surface area contributed by atoms with Crippen molar-refractivity contribution in [2.45, 2.75) is 58.0 Å². The van der Waals surface area contributed by atoms with Crippen LogP contribution in [0.3, 0.4) is 0 Å². The molecule has 0 aromatic heterocycles. The topological polar surface area (TPSA) is 75.4 Å². The molecule has 0 aromatic carbocycles. The Balaban J connectivity index is 1.86. The summed E-state index contributed by atoms with van der Waals surface area (Å²) in [7, 11) is 0. The highest BCUT2D eigenvalue weighted by Crippen LogP contribution is 2.31. The molecule has 0 aromatic rings. The van der Waals surface area contributed by atoms with Gasteiger partial charge in [-0.05, 0) is 31.6 Å². The fraction of sp³-hybridized carbons (Fsp3) is 0.867. The van der Waals surface area contributed by atoms with E-state index in [0.717, 1.165) is 38.6 Å². The Morgan fingerprint density at radius 1 is 1.30 bits per heavy atom. The monoisotopic (exact) mass is 281 g/mol. The molecular weight excluding hydrogens is 254 g/mol. The Kier molecular flexibility index (Phi) is 5.02. The minimum atomic E-state index is -0.0180. The molecule has 3 N–H and O–H groups in total. The average molecular weight is 281 g/mol. The number of carbonyl (C=O) groups is 2. The summed E-state index contributed by atoms with van der Waals surface area (Å²) in [5.41, 5.74) is 6.02. The van der Waals surface area contributed by atoms with Crippen LogP contribution < -0.4 is 11.1 Å². The van der Waals surface area contributed by atoms with Crippen LogP contribution in [0.5, 0.6) is 0 Å². The lowest BCUT2D eigenvalue weighted by Gasteiger charge is -2.32. The van der Waals surface area contributed by atoms with Crippen molar-refractivity contribution in [2.75, 3.05) is 13.1 Å². The minimum absolute atomic E-state index is 0.0180. The van der Waals surface area contributed by atoms with Crippen molar-refractivity contribution in [2.24, 2.45) is 17.6 Å². The lowest BCUT2D eigenvalue weighted by atomic mass is 9.78. The molecule has 0 spiro atoms. The number of likely N-dealkylation sites (tertiary alicyclic amines) is 1. The van der Waals surface area contributed by atoms with Gasteiger partial charge in [0.15, 0.2) is 0 Å². The van der Waals surface area contributed by atoms with Gasteiger partial charge in [-0.15, -0.1) is 0 Å². The van der Waals surface area contributed by atoms with Crippen LogP contribution in [0.2, 0.25) is 0 Å². The predicted octanol–water partition coefficient (Wildman–Crippen LogP) is 0.877.